The SMILES string of the molecule is C=CC(=O)NCc1ccc(C(=O)NC2(c3ncn[nH]3)CCC2)cc1. The number of rotatable bonds is 6. The first kappa shape index (κ1) is 15.9. The number of carbonyl (C=O) groups excluding carboxylic acids is 2. The van der Waals surface area contributed by atoms with Gasteiger partial charge in [0.25, 0.3) is 5.91 Å². The number of aromatic nitrogens is 3. The van der Waals surface area contributed by atoms with Crippen molar-refractivity contribution in [3.63, 3.8) is 0 Å². The zero-order valence-corrected chi connectivity index (χ0v) is 13.2. The van der Waals surface area contributed by atoms with Gasteiger partial charge in [0.2, 0.25) is 5.91 Å². The van der Waals surface area contributed by atoms with E-state index in [4.69, 9.17) is 0 Å². The Morgan fingerprint density at radius 3 is 2.58 bits per heavy atom. The Morgan fingerprint density at radius 2 is 2.04 bits per heavy atom. The minimum Gasteiger partial charge on any atom is -0.348 e. The van der Waals surface area contributed by atoms with Crippen LogP contribution in [0.15, 0.2) is 43.2 Å². The van der Waals surface area contributed by atoms with E-state index in [1.807, 2.05) is 12.1 Å². The lowest BCUT2D eigenvalue weighted by molar-refractivity contribution is -0.116. The molecule has 1 heterocycles. The average Bonchev–Trinajstić information content (AvgIpc) is 3.11. The highest BCUT2D eigenvalue weighted by atomic mass is 16.2. The topological polar surface area (TPSA) is 99.8 Å². The van der Waals surface area contributed by atoms with Crippen molar-refractivity contribution in [2.75, 3.05) is 0 Å². The molecule has 3 N–H and O–H groups in total. The number of aromatic amines is 1. The van der Waals surface area contributed by atoms with Crippen molar-refractivity contribution >= 4 is 11.8 Å². The normalized spacial score (nSPS) is 15.2. The summed E-state index contributed by atoms with van der Waals surface area (Å²) in [7, 11) is 0. The number of benzene rings is 1. The van der Waals surface area contributed by atoms with Crippen LogP contribution in [-0.2, 0) is 16.9 Å². The molecule has 7 heteroatoms. The quantitative estimate of drug-likeness (QED) is 0.699. The number of amides is 2. The molecular formula is C17H19N5O2. The molecule has 1 aromatic carbocycles. The second-order valence-electron chi connectivity index (χ2n) is 5.84. The van der Waals surface area contributed by atoms with Crippen LogP contribution in [0.3, 0.4) is 0 Å². The van der Waals surface area contributed by atoms with Crippen molar-refractivity contribution in [1.82, 2.24) is 25.8 Å². The molecule has 0 radical (unpaired) electrons. The summed E-state index contributed by atoms with van der Waals surface area (Å²) in [5.74, 6) is 0.328. The predicted molar refractivity (Wildman–Crippen MR) is 87.9 cm³/mol. The van der Waals surface area contributed by atoms with Gasteiger partial charge in [0, 0.05) is 12.1 Å². The fourth-order valence-corrected chi connectivity index (χ4v) is 2.71. The van der Waals surface area contributed by atoms with E-state index in [1.165, 1.54) is 12.4 Å². The lowest BCUT2D eigenvalue weighted by atomic mass is 9.76. The fraction of sp³-hybridized carbons (Fsp3) is 0.294. The van der Waals surface area contributed by atoms with Gasteiger partial charge in [-0.25, -0.2) is 4.98 Å². The Kier molecular flexibility index (Phi) is 4.41. The first-order valence-electron chi connectivity index (χ1n) is 7.80. The van der Waals surface area contributed by atoms with Crippen LogP contribution in [0.1, 0.15) is 41.0 Å². The van der Waals surface area contributed by atoms with Crippen LogP contribution in [0.25, 0.3) is 0 Å². The second kappa shape index (κ2) is 6.66. The monoisotopic (exact) mass is 325 g/mol. The molecule has 0 unspecified atom stereocenters. The molecule has 2 aromatic rings. The third-order valence-corrected chi connectivity index (χ3v) is 4.30. The van der Waals surface area contributed by atoms with E-state index in [-0.39, 0.29) is 11.8 Å². The van der Waals surface area contributed by atoms with Gasteiger partial charge in [-0.3, -0.25) is 14.7 Å². The summed E-state index contributed by atoms with van der Waals surface area (Å²) in [4.78, 5) is 27.9. The molecule has 0 aliphatic heterocycles. The standard InChI is InChI=1S/C17H19N5O2/c1-2-14(23)18-10-12-4-6-13(7-5-12)15(24)21-17(8-3-9-17)16-19-11-20-22-16/h2,4-7,11H,1,3,8-10H2,(H,18,23)(H,21,24)(H,19,20,22). The molecule has 24 heavy (non-hydrogen) atoms. The van der Waals surface area contributed by atoms with Crippen molar-refractivity contribution < 1.29 is 9.59 Å². The van der Waals surface area contributed by atoms with Crippen LogP contribution >= 0.6 is 0 Å². The number of hydrogen-bond acceptors (Lipinski definition) is 4. The molecule has 1 fully saturated rings. The summed E-state index contributed by atoms with van der Waals surface area (Å²) in [5.41, 5.74) is 1.04. The maximum atomic E-state index is 12.5. The van der Waals surface area contributed by atoms with Crippen LogP contribution in [0.2, 0.25) is 0 Å². The Bertz CT molecular complexity index is 733. The number of carbonyl (C=O) groups is 2. The van der Waals surface area contributed by atoms with Gasteiger partial charge in [0.1, 0.15) is 12.2 Å². The predicted octanol–water partition coefficient (Wildman–Crippen LogP) is 1.42. The van der Waals surface area contributed by atoms with E-state index < -0.39 is 5.54 Å². The first-order valence-corrected chi connectivity index (χ1v) is 7.80. The molecule has 1 aliphatic rings. The summed E-state index contributed by atoms with van der Waals surface area (Å²) in [5, 5.41) is 12.5. The summed E-state index contributed by atoms with van der Waals surface area (Å²) in [6, 6.07) is 7.13. The van der Waals surface area contributed by atoms with Crippen LogP contribution in [0, 0.1) is 0 Å². The third kappa shape index (κ3) is 3.19. The molecule has 1 aliphatic carbocycles. The lowest BCUT2D eigenvalue weighted by Crippen LogP contribution is -2.51. The van der Waals surface area contributed by atoms with Crippen molar-refractivity contribution in [1.29, 1.82) is 0 Å². The lowest BCUT2D eigenvalue weighted by Gasteiger charge is -2.40. The van der Waals surface area contributed by atoms with Gasteiger partial charge in [0.05, 0.1) is 5.54 Å². The second-order valence-corrected chi connectivity index (χ2v) is 5.84. The van der Waals surface area contributed by atoms with Crippen LogP contribution in [0.4, 0.5) is 0 Å². The van der Waals surface area contributed by atoms with Gasteiger partial charge >= 0.3 is 0 Å². The van der Waals surface area contributed by atoms with Crippen LogP contribution in [-0.4, -0.2) is 27.0 Å². The Morgan fingerprint density at radius 1 is 1.29 bits per heavy atom. The van der Waals surface area contributed by atoms with E-state index in [2.05, 4.69) is 32.4 Å². The van der Waals surface area contributed by atoms with Crippen molar-refractivity contribution in [2.45, 2.75) is 31.3 Å². The minimum absolute atomic E-state index is 0.146. The van der Waals surface area contributed by atoms with E-state index in [0.717, 1.165) is 24.8 Å². The molecule has 0 bridgehead atoms. The summed E-state index contributed by atoms with van der Waals surface area (Å²) >= 11 is 0. The molecule has 0 atom stereocenters. The number of nitrogens with zero attached hydrogens (tertiary/aromatic N) is 2. The highest BCUT2D eigenvalue weighted by Crippen LogP contribution is 2.39. The molecule has 0 spiro atoms. The first-order chi connectivity index (χ1) is 11.6. The van der Waals surface area contributed by atoms with E-state index in [9.17, 15) is 9.59 Å². The Hall–Kier alpha value is -2.96. The Labute approximate surface area is 139 Å². The molecule has 124 valence electrons. The van der Waals surface area contributed by atoms with Gasteiger partial charge in [-0.15, -0.1) is 0 Å². The fourth-order valence-electron chi connectivity index (χ4n) is 2.71. The smallest absolute Gasteiger partial charge is 0.252 e. The minimum atomic E-state index is -0.440. The maximum Gasteiger partial charge on any atom is 0.252 e. The van der Waals surface area contributed by atoms with Crippen LogP contribution in [0.5, 0.6) is 0 Å². The van der Waals surface area contributed by atoms with Crippen molar-refractivity contribution in [3.05, 3.63) is 60.2 Å². The summed E-state index contributed by atoms with van der Waals surface area (Å²) < 4.78 is 0. The molecule has 0 saturated heterocycles. The molecule has 1 aromatic heterocycles. The van der Waals surface area contributed by atoms with E-state index in [1.54, 1.807) is 12.1 Å². The zero-order chi connectivity index (χ0) is 17.0. The average molecular weight is 325 g/mol. The third-order valence-electron chi connectivity index (χ3n) is 4.30. The summed E-state index contributed by atoms with van der Waals surface area (Å²) in [6.45, 7) is 3.80. The van der Waals surface area contributed by atoms with E-state index in [0.29, 0.717) is 17.9 Å². The summed E-state index contributed by atoms with van der Waals surface area (Å²) in [6.07, 6.45) is 5.42. The van der Waals surface area contributed by atoms with E-state index >= 15 is 0 Å². The number of nitrogens with one attached hydrogen (secondary N) is 3. The maximum absolute atomic E-state index is 12.5. The van der Waals surface area contributed by atoms with Gasteiger partial charge in [0.15, 0.2) is 0 Å². The highest BCUT2D eigenvalue weighted by molar-refractivity contribution is 5.94. The Balaban J connectivity index is 1.65. The highest BCUT2D eigenvalue weighted by Gasteiger charge is 2.42. The molecule has 3 rings (SSSR count). The van der Waals surface area contributed by atoms with Crippen molar-refractivity contribution in [3.8, 4) is 0 Å². The van der Waals surface area contributed by atoms with Gasteiger partial charge in [-0.2, -0.15) is 5.10 Å². The number of hydrogen-bond donors (Lipinski definition) is 3. The van der Waals surface area contributed by atoms with Crippen molar-refractivity contribution in [2.24, 2.45) is 0 Å². The van der Waals surface area contributed by atoms with Crippen LogP contribution < -0.4 is 10.6 Å². The number of H-pyrrole nitrogens is 1. The van der Waals surface area contributed by atoms with Gasteiger partial charge in [-0.1, -0.05) is 18.7 Å². The molecule has 7 nitrogen and oxygen atoms in total. The zero-order valence-electron chi connectivity index (χ0n) is 13.2. The molecule has 1 saturated carbocycles. The molecule has 2 amide bonds. The molecular weight excluding hydrogens is 306 g/mol. The van der Waals surface area contributed by atoms with Gasteiger partial charge < -0.3 is 10.6 Å². The largest absolute Gasteiger partial charge is 0.348 e. The van der Waals surface area contributed by atoms with Gasteiger partial charge in [-0.05, 0) is 43.0 Å².